The van der Waals surface area contributed by atoms with Crippen LogP contribution in [0.1, 0.15) is 106 Å². The fourth-order valence-electron chi connectivity index (χ4n) is 7.04. The molecule has 0 unspecified atom stereocenters. The quantitative estimate of drug-likeness (QED) is 0.0865. The molecule has 3 amide bonds. The van der Waals surface area contributed by atoms with E-state index in [4.69, 9.17) is 43.2 Å². The van der Waals surface area contributed by atoms with Crippen molar-refractivity contribution in [3.05, 3.63) is 45.9 Å². The van der Waals surface area contributed by atoms with E-state index in [1.165, 1.54) is 23.3 Å². The normalized spacial score (nSPS) is 16.7. The van der Waals surface area contributed by atoms with E-state index in [9.17, 15) is 24.0 Å². The van der Waals surface area contributed by atoms with E-state index in [0.717, 1.165) is 38.5 Å². The number of hydrogen-bond donors (Lipinski definition) is 2. The molecule has 346 valence electrons. The van der Waals surface area contributed by atoms with E-state index in [1.807, 2.05) is 0 Å². The maximum atomic E-state index is 14.4. The van der Waals surface area contributed by atoms with Crippen molar-refractivity contribution in [1.29, 1.82) is 0 Å². The molecule has 4 rings (SSSR count). The number of benzene rings is 1. The number of amides is 3. The zero-order valence-corrected chi connectivity index (χ0v) is 37.8. The number of rotatable bonds is 27. The van der Waals surface area contributed by atoms with Gasteiger partial charge in [-0.3, -0.25) is 24.1 Å². The molecule has 2 N–H and O–H groups in total. The predicted octanol–water partition coefficient (Wildman–Crippen LogP) is 5.29. The molecule has 1 saturated heterocycles. The second kappa shape index (κ2) is 26.4. The Morgan fingerprint density at radius 2 is 1.45 bits per heavy atom. The van der Waals surface area contributed by atoms with Crippen LogP contribution in [0, 0.1) is 5.92 Å². The van der Waals surface area contributed by atoms with Crippen LogP contribution in [0.4, 0.5) is 4.79 Å². The second-order valence-corrected chi connectivity index (χ2v) is 17.2. The molecular weight excluding hydrogens is 825 g/mol. The Morgan fingerprint density at radius 1 is 0.855 bits per heavy atom. The number of thiazole rings is 1. The zero-order chi connectivity index (χ0) is 44.9. The monoisotopic (exact) mass is 890 g/mol. The lowest BCUT2D eigenvalue weighted by molar-refractivity contribution is -0.140. The molecule has 18 heteroatoms. The fraction of sp³-hybridized carbons (Fsp3) is 0.682. The third kappa shape index (κ3) is 17.2. The molecule has 17 nitrogen and oxygen atoms in total. The van der Waals surface area contributed by atoms with Gasteiger partial charge in [0.05, 0.1) is 78.5 Å². The predicted molar refractivity (Wildman–Crippen MR) is 229 cm³/mol. The summed E-state index contributed by atoms with van der Waals surface area (Å²) in [6.45, 7) is 11.3. The van der Waals surface area contributed by atoms with Gasteiger partial charge in [0.2, 0.25) is 17.6 Å². The summed E-state index contributed by atoms with van der Waals surface area (Å²) in [6.07, 6.45) is 5.50. The number of likely N-dealkylation sites (tertiary alicyclic amines) is 1. The van der Waals surface area contributed by atoms with Gasteiger partial charge in [-0.25, -0.2) is 9.78 Å². The number of aromatic nitrogens is 1. The van der Waals surface area contributed by atoms with E-state index in [2.05, 4.69) is 5.32 Å². The van der Waals surface area contributed by atoms with E-state index < -0.39 is 35.7 Å². The minimum atomic E-state index is -0.893. The van der Waals surface area contributed by atoms with Gasteiger partial charge in [-0.1, -0.05) is 31.4 Å². The Balaban J connectivity index is 1.20. The van der Waals surface area contributed by atoms with Crippen LogP contribution < -0.4 is 10.1 Å². The van der Waals surface area contributed by atoms with Gasteiger partial charge in [0.15, 0.2) is 0 Å². The molecule has 1 aromatic heterocycles. The molecule has 62 heavy (non-hydrogen) atoms. The number of nitrogens with one attached hydrogen (secondary N) is 1. The van der Waals surface area contributed by atoms with E-state index in [0.29, 0.717) is 88.7 Å². The number of carboxylic acid groups (broad SMARTS) is 1. The Hall–Kier alpha value is -4.20. The lowest BCUT2D eigenvalue weighted by Gasteiger charge is -2.36. The van der Waals surface area contributed by atoms with Gasteiger partial charge in [0.25, 0.3) is 0 Å². The number of carbonyl (C=O) groups excluding carboxylic acids is 4. The van der Waals surface area contributed by atoms with Crippen LogP contribution in [0.5, 0.6) is 5.75 Å². The van der Waals surface area contributed by atoms with Gasteiger partial charge >= 0.3 is 12.1 Å². The molecule has 3 atom stereocenters. The first kappa shape index (κ1) is 50.4. The summed E-state index contributed by atoms with van der Waals surface area (Å²) in [5, 5.41) is 14.0. The van der Waals surface area contributed by atoms with Crippen molar-refractivity contribution in [2.24, 2.45) is 5.92 Å². The topological polar surface area (TPSA) is 202 Å². The molecule has 1 aliphatic heterocycles. The summed E-state index contributed by atoms with van der Waals surface area (Å²) >= 11 is 1.35. The van der Waals surface area contributed by atoms with Gasteiger partial charge in [0.1, 0.15) is 40.7 Å². The maximum Gasteiger partial charge on any atom is 0.410 e. The van der Waals surface area contributed by atoms with Crippen molar-refractivity contribution >= 4 is 41.0 Å². The van der Waals surface area contributed by atoms with Crippen molar-refractivity contribution < 1.29 is 62.2 Å². The SMILES string of the molecule is C[C@@H](C(=O)N[C@H](C(=O)N1CCC[C@H]1c1nc(C(=O)c2cccc(OCCOCCOCCOCCOCCOCCC(=O)O)c2)cs1)C1CCCCC1)N(C)C(=O)OC(C)(C)C. The lowest BCUT2D eigenvalue weighted by Crippen LogP contribution is -2.56. The van der Waals surface area contributed by atoms with Gasteiger partial charge < -0.3 is 48.5 Å². The molecule has 0 bridgehead atoms. The molecule has 2 fully saturated rings. The number of carboxylic acids is 1. The molecule has 0 radical (unpaired) electrons. The van der Waals surface area contributed by atoms with Crippen molar-refractivity contribution in [2.75, 3.05) is 86.3 Å². The summed E-state index contributed by atoms with van der Waals surface area (Å²) in [6, 6.07) is 4.98. The van der Waals surface area contributed by atoms with Gasteiger partial charge in [-0.2, -0.15) is 0 Å². The van der Waals surface area contributed by atoms with Crippen LogP contribution in [0.3, 0.4) is 0 Å². The van der Waals surface area contributed by atoms with Crippen LogP contribution in [0.2, 0.25) is 0 Å². The van der Waals surface area contributed by atoms with Crippen LogP contribution >= 0.6 is 11.3 Å². The van der Waals surface area contributed by atoms with Gasteiger partial charge in [-0.15, -0.1) is 11.3 Å². The van der Waals surface area contributed by atoms with Crippen LogP contribution in [-0.2, 0) is 42.8 Å². The Morgan fingerprint density at radius 3 is 2.05 bits per heavy atom. The molecule has 1 saturated carbocycles. The van der Waals surface area contributed by atoms with Crippen molar-refractivity contribution in [2.45, 2.75) is 103 Å². The lowest BCUT2D eigenvalue weighted by atomic mass is 9.83. The molecular formula is C44H66N4O13S. The summed E-state index contributed by atoms with van der Waals surface area (Å²) in [5.41, 5.74) is -0.00492. The minimum Gasteiger partial charge on any atom is -0.491 e. The summed E-state index contributed by atoms with van der Waals surface area (Å²) < 4.78 is 38.4. The van der Waals surface area contributed by atoms with E-state index in [1.54, 1.807) is 62.2 Å². The highest BCUT2D eigenvalue weighted by atomic mass is 32.1. The van der Waals surface area contributed by atoms with Crippen molar-refractivity contribution in [3.63, 3.8) is 0 Å². The standard InChI is InChI=1S/C44H66N4O13S/c1-31(47(5)43(54)61-44(2,3)4)40(52)46-38(32-11-7-6-8-12-32)42(53)48-17-10-15-36(48)41-45-35(30-62-41)39(51)33-13-9-14-34(29-33)60-28-27-59-26-25-58-24-23-57-22-21-56-20-19-55-18-16-37(49)50/h9,13-14,29-32,36,38H,6-8,10-12,15-28H2,1-5H3,(H,46,52)(H,49,50)/t31-,36-,38-/m0/s1. The Labute approximate surface area is 369 Å². The number of ether oxygens (including phenoxy) is 7. The summed E-state index contributed by atoms with van der Waals surface area (Å²) in [4.78, 5) is 72.6. The number of aliphatic carboxylic acids is 1. The third-order valence-electron chi connectivity index (χ3n) is 10.4. The first-order valence-corrected chi connectivity index (χ1v) is 22.5. The van der Waals surface area contributed by atoms with E-state index in [-0.39, 0.29) is 49.0 Å². The summed E-state index contributed by atoms with van der Waals surface area (Å²) in [5.74, 6) is -1.24. The third-order valence-corrected chi connectivity index (χ3v) is 11.4. The van der Waals surface area contributed by atoms with E-state index >= 15 is 0 Å². The maximum absolute atomic E-state index is 14.4. The average Bonchev–Trinajstić information content (AvgIpc) is 3.95. The first-order chi connectivity index (χ1) is 29.7. The molecule has 0 spiro atoms. The van der Waals surface area contributed by atoms with Crippen LogP contribution in [-0.4, -0.2) is 154 Å². The Bertz CT molecular complexity index is 1710. The molecule has 2 heterocycles. The molecule has 2 aromatic rings. The first-order valence-electron chi connectivity index (χ1n) is 21.6. The number of carbonyl (C=O) groups is 5. The highest BCUT2D eigenvalue weighted by Crippen LogP contribution is 2.37. The molecule has 1 aliphatic carbocycles. The van der Waals surface area contributed by atoms with Crippen molar-refractivity contribution in [3.8, 4) is 5.75 Å². The average molecular weight is 891 g/mol. The Kier molecular flexibility index (Phi) is 21.5. The smallest absolute Gasteiger partial charge is 0.410 e. The van der Waals surface area contributed by atoms with Crippen LogP contribution in [0.15, 0.2) is 29.6 Å². The number of ketones is 1. The molecule has 1 aromatic carbocycles. The molecule has 2 aliphatic rings. The highest BCUT2D eigenvalue weighted by Gasteiger charge is 2.41. The van der Waals surface area contributed by atoms with Crippen molar-refractivity contribution in [1.82, 2.24) is 20.1 Å². The number of hydrogen-bond acceptors (Lipinski definition) is 14. The van der Waals surface area contributed by atoms with Gasteiger partial charge in [-0.05, 0) is 71.4 Å². The number of nitrogens with zero attached hydrogens (tertiary/aromatic N) is 3. The zero-order valence-electron chi connectivity index (χ0n) is 36.9. The highest BCUT2D eigenvalue weighted by molar-refractivity contribution is 7.10. The minimum absolute atomic E-state index is 0.0269. The van der Waals surface area contributed by atoms with Crippen LogP contribution in [0.25, 0.3) is 0 Å². The number of likely N-dealkylation sites (N-methyl/N-ethyl adjacent to an activating group) is 1. The fourth-order valence-corrected chi connectivity index (χ4v) is 7.98. The second-order valence-electron chi connectivity index (χ2n) is 16.3. The van der Waals surface area contributed by atoms with Gasteiger partial charge in [0, 0.05) is 24.5 Å². The summed E-state index contributed by atoms with van der Waals surface area (Å²) in [7, 11) is 1.52. The largest absolute Gasteiger partial charge is 0.491 e.